The third-order valence-electron chi connectivity index (χ3n) is 3.61. The molecule has 0 saturated heterocycles. The monoisotopic (exact) mass is 303 g/mol. The Kier molecular flexibility index (Phi) is 3.90. The summed E-state index contributed by atoms with van der Waals surface area (Å²) in [5, 5.41) is 8.17. The summed E-state index contributed by atoms with van der Waals surface area (Å²) >= 11 is 6.16. The van der Waals surface area contributed by atoms with Gasteiger partial charge in [0.15, 0.2) is 0 Å². The number of aromatic nitrogens is 2. The number of benzene rings is 1. The predicted molar refractivity (Wildman–Crippen MR) is 82.1 cm³/mol. The lowest BCUT2D eigenvalue weighted by atomic mass is 10.00. The van der Waals surface area contributed by atoms with Crippen LogP contribution >= 0.6 is 11.6 Å². The van der Waals surface area contributed by atoms with Crippen LogP contribution in [0, 0.1) is 5.82 Å². The summed E-state index contributed by atoms with van der Waals surface area (Å²) in [7, 11) is 1.88. The number of halogens is 2. The number of rotatable bonds is 4. The molecule has 0 aliphatic rings. The van der Waals surface area contributed by atoms with Crippen LogP contribution in [0.25, 0.3) is 5.52 Å². The highest BCUT2D eigenvalue weighted by atomic mass is 35.5. The van der Waals surface area contributed by atoms with Gasteiger partial charge in [-0.1, -0.05) is 17.7 Å². The minimum Gasteiger partial charge on any atom is -0.313 e. The van der Waals surface area contributed by atoms with E-state index in [1.807, 2.05) is 42.2 Å². The van der Waals surface area contributed by atoms with Gasteiger partial charge in [-0.2, -0.15) is 5.10 Å². The maximum atomic E-state index is 13.4. The Morgan fingerprint density at radius 3 is 3.00 bits per heavy atom. The number of fused-ring (bicyclic) bond motifs is 1. The van der Waals surface area contributed by atoms with Crippen molar-refractivity contribution in [3.8, 4) is 0 Å². The maximum Gasteiger partial charge on any atom is 0.123 e. The maximum absolute atomic E-state index is 13.4. The van der Waals surface area contributed by atoms with E-state index < -0.39 is 0 Å². The lowest BCUT2D eigenvalue weighted by Crippen LogP contribution is -2.19. The zero-order valence-corrected chi connectivity index (χ0v) is 12.3. The van der Waals surface area contributed by atoms with Crippen molar-refractivity contribution in [2.75, 3.05) is 7.05 Å². The van der Waals surface area contributed by atoms with Crippen LogP contribution in [0.5, 0.6) is 0 Å². The molecule has 0 radical (unpaired) electrons. The van der Waals surface area contributed by atoms with Crippen molar-refractivity contribution in [1.82, 2.24) is 14.9 Å². The Labute approximate surface area is 127 Å². The van der Waals surface area contributed by atoms with Gasteiger partial charge in [-0.25, -0.2) is 8.91 Å². The second kappa shape index (κ2) is 5.84. The van der Waals surface area contributed by atoms with Gasteiger partial charge < -0.3 is 5.32 Å². The molecule has 0 spiro atoms. The molecule has 0 aliphatic carbocycles. The highest BCUT2D eigenvalue weighted by Gasteiger charge is 2.17. The van der Waals surface area contributed by atoms with Gasteiger partial charge in [0.05, 0.1) is 11.7 Å². The number of likely N-dealkylation sites (N-methyl/N-ethyl adjacent to an activating group) is 1. The minimum absolute atomic E-state index is 0.0178. The van der Waals surface area contributed by atoms with Crippen LogP contribution in [0.15, 0.2) is 48.8 Å². The summed E-state index contributed by atoms with van der Waals surface area (Å²) < 4.78 is 15.2. The third-order valence-corrected chi connectivity index (χ3v) is 3.98. The normalized spacial score (nSPS) is 12.7. The van der Waals surface area contributed by atoms with Gasteiger partial charge in [0.1, 0.15) is 5.82 Å². The highest BCUT2D eigenvalue weighted by molar-refractivity contribution is 6.31. The summed E-state index contributed by atoms with van der Waals surface area (Å²) in [6, 6.07) is 10.4. The first-order valence-electron chi connectivity index (χ1n) is 6.72. The molecule has 0 aliphatic heterocycles. The Bertz CT molecular complexity index is 769. The van der Waals surface area contributed by atoms with Crippen LogP contribution in [0.1, 0.15) is 17.2 Å². The molecule has 1 aromatic carbocycles. The molecule has 3 nitrogen and oxygen atoms in total. The van der Waals surface area contributed by atoms with E-state index in [-0.39, 0.29) is 11.9 Å². The first-order valence-corrected chi connectivity index (χ1v) is 7.10. The Morgan fingerprint density at radius 2 is 2.19 bits per heavy atom. The van der Waals surface area contributed by atoms with Crippen LogP contribution in [0.4, 0.5) is 4.39 Å². The van der Waals surface area contributed by atoms with Crippen molar-refractivity contribution in [2.45, 2.75) is 12.5 Å². The standard InChI is InChI=1S/C16H15ClFN3/c1-19-15(9-11-8-12(18)5-6-14(11)17)13-10-20-21-7-3-2-4-16(13)21/h2-8,10,15,19H,9H2,1H3. The molecule has 0 amide bonds. The van der Waals surface area contributed by atoms with E-state index in [0.29, 0.717) is 11.4 Å². The molecule has 0 fully saturated rings. The van der Waals surface area contributed by atoms with Crippen LogP contribution in [-0.2, 0) is 6.42 Å². The average Bonchev–Trinajstić information content (AvgIpc) is 2.92. The highest BCUT2D eigenvalue weighted by Crippen LogP contribution is 2.26. The summed E-state index contributed by atoms with van der Waals surface area (Å²) in [6.45, 7) is 0. The predicted octanol–water partition coefficient (Wildman–Crippen LogP) is 3.63. The molecule has 21 heavy (non-hydrogen) atoms. The molecule has 1 unspecified atom stereocenters. The van der Waals surface area contributed by atoms with E-state index in [1.54, 1.807) is 6.07 Å². The quantitative estimate of drug-likeness (QED) is 0.797. The van der Waals surface area contributed by atoms with Crippen molar-refractivity contribution in [3.63, 3.8) is 0 Å². The summed E-state index contributed by atoms with van der Waals surface area (Å²) in [5.74, 6) is -0.274. The van der Waals surface area contributed by atoms with Crippen molar-refractivity contribution in [3.05, 3.63) is 70.8 Å². The van der Waals surface area contributed by atoms with Gasteiger partial charge in [-0.15, -0.1) is 0 Å². The zero-order valence-electron chi connectivity index (χ0n) is 11.6. The molecular weight excluding hydrogens is 289 g/mol. The average molecular weight is 304 g/mol. The molecule has 0 saturated carbocycles. The van der Waals surface area contributed by atoms with Gasteiger partial charge in [0, 0.05) is 22.8 Å². The Balaban J connectivity index is 1.97. The number of hydrogen-bond acceptors (Lipinski definition) is 2. The van der Waals surface area contributed by atoms with Gasteiger partial charge in [0.2, 0.25) is 0 Å². The van der Waals surface area contributed by atoms with Crippen LogP contribution in [-0.4, -0.2) is 16.7 Å². The van der Waals surface area contributed by atoms with E-state index in [9.17, 15) is 4.39 Å². The fourth-order valence-corrected chi connectivity index (χ4v) is 2.70. The number of hydrogen-bond donors (Lipinski definition) is 1. The van der Waals surface area contributed by atoms with Crippen molar-refractivity contribution >= 4 is 17.1 Å². The Hall–Kier alpha value is -1.91. The molecule has 3 aromatic rings. The number of nitrogens with one attached hydrogen (secondary N) is 1. The van der Waals surface area contributed by atoms with Gasteiger partial charge in [-0.3, -0.25) is 0 Å². The third kappa shape index (κ3) is 2.77. The summed E-state index contributed by atoms with van der Waals surface area (Å²) in [5.41, 5.74) is 2.88. The molecule has 0 bridgehead atoms. The second-order valence-corrected chi connectivity index (χ2v) is 5.32. The van der Waals surface area contributed by atoms with Crippen LogP contribution in [0.3, 0.4) is 0 Å². The molecule has 2 heterocycles. The molecule has 1 atom stereocenters. The van der Waals surface area contributed by atoms with Gasteiger partial charge in [-0.05, 0) is 49.4 Å². The summed E-state index contributed by atoms with van der Waals surface area (Å²) in [6.07, 6.45) is 4.34. The summed E-state index contributed by atoms with van der Waals surface area (Å²) in [4.78, 5) is 0. The molecule has 5 heteroatoms. The van der Waals surface area contributed by atoms with E-state index in [2.05, 4.69) is 10.4 Å². The van der Waals surface area contributed by atoms with E-state index in [0.717, 1.165) is 16.6 Å². The van der Waals surface area contributed by atoms with Crippen LogP contribution < -0.4 is 5.32 Å². The lowest BCUT2D eigenvalue weighted by Gasteiger charge is -2.16. The smallest absolute Gasteiger partial charge is 0.123 e. The molecule has 108 valence electrons. The first kappa shape index (κ1) is 14.0. The van der Waals surface area contributed by atoms with Gasteiger partial charge in [0.25, 0.3) is 0 Å². The van der Waals surface area contributed by atoms with Gasteiger partial charge >= 0.3 is 0 Å². The lowest BCUT2D eigenvalue weighted by molar-refractivity contribution is 0.587. The minimum atomic E-state index is -0.274. The van der Waals surface area contributed by atoms with E-state index >= 15 is 0 Å². The van der Waals surface area contributed by atoms with Crippen LogP contribution in [0.2, 0.25) is 5.02 Å². The second-order valence-electron chi connectivity index (χ2n) is 4.91. The van der Waals surface area contributed by atoms with E-state index in [4.69, 9.17) is 11.6 Å². The topological polar surface area (TPSA) is 29.3 Å². The fourth-order valence-electron chi connectivity index (χ4n) is 2.51. The molecular formula is C16H15ClFN3. The molecule has 1 N–H and O–H groups in total. The van der Waals surface area contributed by atoms with Crippen molar-refractivity contribution in [1.29, 1.82) is 0 Å². The van der Waals surface area contributed by atoms with Crippen molar-refractivity contribution < 1.29 is 4.39 Å². The first-order chi connectivity index (χ1) is 10.2. The molecule has 2 aromatic heterocycles. The SMILES string of the molecule is CNC(Cc1cc(F)ccc1Cl)c1cnn2ccccc12. The number of pyridine rings is 1. The molecule has 3 rings (SSSR count). The van der Waals surface area contributed by atoms with Crippen molar-refractivity contribution in [2.24, 2.45) is 0 Å². The van der Waals surface area contributed by atoms with E-state index in [1.165, 1.54) is 12.1 Å². The largest absolute Gasteiger partial charge is 0.313 e. The fraction of sp³-hybridized carbons (Fsp3) is 0.188. The number of nitrogens with zero attached hydrogens (tertiary/aromatic N) is 2. The zero-order chi connectivity index (χ0) is 14.8. The Morgan fingerprint density at radius 1 is 1.33 bits per heavy atom.